The van der Waals surface area contributed by atoms with E-state index >= 15 is 0 Å². The third-order valence-electron chi connectivity index (χ3n) is 4.84. The van der Waals surface area contributed by atoms with E-state index in [1.54, 1.807) is 0 Å². The maximum Gasteiger partial charge on any atom is 0.314 e. The molecular formula is C25H34O2. The van der Waals surface area contributed by atoms with Gasteiger partial charge in [-0.2, -0.15) is 0 Å². The Labute approximate surface area is 165 Å². The van der Waals surface area contributed by atoms with Crippen LogP contribution < -0.4 is 4.74 Å². The lowest BCUT2D eigenvalue weighted by molar-refractivity contribution is -0.138. The highest BCUT2D eigenvalue weighted by Crippen LogP contribution is 2.41. The van der Waals surface area contributed by atoms with E-state index in [9.17, 15) is 4.79 Å². The lowest BCUT2D eigenvalue weighted by Gasteiger charge is -2.30. The molecular weight excluding hydrogens is 332 g/mol. The molecule has 0 radical (unpaired) electrons. The van der Waals surface area contributed by atoms with Crippen molar-refractivity contribution in [2.45, 2.75) is 72.6 Å². The van der Waals surface area contributed by atoms with Gasteiger partial charge in [0.15, 0.2) is 0 Å². The molecule has 2 nitrogen and oxygen atoms in total. The lowest BCUT2D eigenvalue weighted by atomic mass is 9.78. The van der Waals surface area contributed by atoms with Crippen LogP contribution in [0.1, 0.15) is 70.7 Å². The molecule has 0 aliphatic rings. The van der Waals surface area contributed by atoms with Crippen molar-refractivity contribution in [1.29, 1.82) is 0 Å². The third kappa shape index (κ3) is 5.45. The van der Waals surface area contributed by atoms with E-state index < -0.39 is 0 Å². The fraction of sp³-hybridized carbons (Fsp3) is 0.480. The average Bonchev–Trinajstić information content (AvgIpc) is 2.55. The van der Waals surface area contributed by atoms with E-state index in [4.69, 9.17) is 4.74 Å². The van der Waals surface area contributed by atoms with E-state index in [1.165, 1.54) is 5.56 Å². The number of aryl methyl sites for hydroxylation is 1. The molecule has 2 aromatic carbocycles. The molecule has 0 bridgehead atoms. The predicted molar refractivity (Wildman–Crippen MR) is 114 cm³/mol. The van der Waals surface area contributed by atoms with Crippen LogP contribution in [0.5, 0.6) is 5.75 Å². The van der Waals surface area contributed by atoms with Crippen molar-refractivity contribution >= 4 is 5.97 Å². The molecule has 0 saturated carbocycles. The number of hydrogen-bond acceptors (Lipinski definition) is 2. The number of esters is 1. The molecule has 1 atom stereocenters. The molecule has 27 heavy (non-hydrogen) atoms. The monoisotopic (exact) mass is 366 g/mol. The van der Waals surface area contributed by atoms with Gasteiger partial charge >= 0.3 is 5.97 Å². The highest BCUT2D eigenvalue weighted by Gasteiger charge is 2.29. The van der Waals surface area contributed by atoms with E-state index in [0.717, 1.165) is 22.4 Å². The first kappa shape index (κ1) is 21.2. The summed E-state index contributed by atoms with van der Waals surface area (Å²) in [6, 6.07) is 14.4. The zero-order chi connectivity index (χ0) is 20.4. The molecule has 2 rings (SSSR count). The van der Waals surface area contributed by atoms with E-state index in [2.05, 4.69) is 72.7 Å². The van der Waals surface area contributed by atoms with Crippen molar-refractivity contribution in [2.24, 2.45) is 5.92 Å². The molecule has 2 heteroatoms. The molecule has 0 aromatic heterocycles. The van der Waals surface area contributed by atoms with Crippen LogP contribution in [0, 0.1) is 12.8 Å². The summed E-state index contributed by atoms with van der Waals surface area (Å²) >= 11 is 0. The van der Waals surface area contributed by atoms with Crippen molar-refractivity contribution < 1.29 is 9.53 Å². The van der Waals surface area contributed by atoms with Crippen LogP contribution in [-0.2, 0) is 22.0 Å². The Hall–Kier alpha value is -2.09. The largest absolute Gasteiger partial charge is 0.426 e. The van der Waals surface area contributed by atoms with Gasteiger partial charge in [0.25, 0.3) is 0 Å². The summed E-state index contributed by atoms with van der Waals surface area (Å²) in [6.07, 6.45) is 0.682. The van der Waals surface area contributed by atoms with Crippen LogP contribution in [0.4, 0.5) is 0 Å². The second kappa shape index (κ2) is 7.88. The minimum atomic E-state index is -0.200. The van der Waals surface area contributed by atoms with Crippen LogP contribution in [0.2, 0.25) is 0 Å². The standard InChI is InChI=1S/C25H34O2/c1-17-14-20(24(3,4)5)22(21(15-17)25(6,7)8)27-23(26)18(2)16-19-12-10-9-11-13-19/h9-15,18H,16H2,1-8H3. The summed E-state index contributed by atoms with van der Waals surface area (Å²) in [4.78, 5) is 12.9. The summed E-state index contributed by atoms with van der Waals surface area (Å²) in [6.45, 7) is 17.0. The van der Waals surface area contributed by atoms with Gasteiger partial charge in [-0.25, -0.2) is 0 Å². The number of rotatable bonds is 4. The smallest absolute Gasteiger partial charge is 0.314 e. The molecule has 0 spiro atoms. The molecule has 0 aliphatic carbocycles. The van der Waals surface area contributed by atoms with Gasteiger partial charge in [-0.15, -0.1) is 0 Å². The number of ether oxygens (including phenoxy) is 1. The summed E-state index contributed by atoms with van der Waals surface area (Å²) in [5.41, 5.74) is 4.31. The average molecular weight is 367 g/mol. The Morgan fingerprint density at radius 3 is 1.85 bits per heavy atom. The summed E-state index contributed by atoms with van der Waals surface area (Å²) in [7, 11) is 0. The first-order valence-corrected chi connectivity index (χ1v) is 9.81. The fourth-order valence-corrected chi connectivity index (χ4v) is 3.25. The minimum absolute atomic E-state index is 0.107. The second-order valence-electron chi connectivity index (χ2n) is 9.70. The molecule has 0 N–H and O–H groups in total. The molecule has 0 heterocycles. The van der Waals surface area contributed by atoms with Crippen molar-refractivity contribution in [2.75, 3.05) is 0 Å². The number of benzene rings is 2. The van der Waals surface area contributed by atoms with Crippen LogP contribution in [0.25, 0.3) is 0 Å². The van der Waals surface area contributed by atoms with Crippen LogP contribution in [-0.4, -0.2) is 5.97 Å². The SMILES string of the molecule is Cc1cc(C(C)(C)C)c(OC(=O)C(C)Cc2ccccc2)c(C(C)(C)C)c1. The first-order chi connectivity index (χ1) is 12.4. The van der Waals surface area contributed by atoms with Crippen LogP contribution in [0.3, 0.4) is 0 Å². The molecule has 0 amide bonds. The molecule has 0 aliphatic heterocycles. The Morgan fingerprint density at radius 1 is 0.926 bits per heavy atom. The maximum atomic E-state index is 12.9. The zero-order valence-electron chi connectivity index (χ0n) is 18.1. The Kier molecular flexibility index (Phi) is 6.19. The quantitative estimate of drug-likeness (QED) is 0.464. The van der Waals surface area contributed by atoms with Gasteiger partial charge in [0.1, 0.15) is 5.75 Å². The molecule has 2 aromatic rings. The first-order valence-electron chi connectivity index (χ1n) is 9.81. The van der Waals surface area contributed by atoms with Crippen molar-refractivity contribution in [1.82, 2.24) is 0 Å². The number of hydrogen-bond donors (Lipinski definition) is 0. The Balaban J connectivity index is 2.40. The van der Waals surface area contributed by atoms with Crippen LogP contribution in [0.15, 0.2) is 42.5 Å². The van der Waals surface area contributed by atoms with Gasteiger partial charge in [-0.3, -0.25) is 4.79 Å². The van der Waals surface area contributed by atoms with Crippen molar-refractivity contribution in [3.8, 4) is 5.75 Å². The van der Waals surface area contributed by atoms with Crippen molar-refractivity contribution in [3.05, 3.63) is 64.7 Å². The highest BCUT2D eigenvalue weighted by atomic mass is 16.5. The van der Waals surface area contributed by atoms with Gasteiger partial charge in [-0.05, 0) is 29.7 Å². The number of carbonyl (C=O) groups excluding carboxylic acids is 1. The molecule has 1 unspecified atom stereocenters. The molecule has 0 saturated heterocycles. The third-order valence-corrected chi connectivity index (χ3v) is 4.84. The predicted octanol–water partition coefficient (Wildman–Crippen LogP) is 6.37. The van der Waals surface area contributed by atoms with Gasteiger partial charge in [0, 0.05) is 11.1 Å². The van der Waals surface area contributed by atoms with Crippen LogP contribution >= 0.6 is 0 Å². The van der Waals surface area contributed by atoms with E-state index in [-0.39, 0.29) is 22.7 Å². The van der Waals surface area contributed by atoms with Crippen molar-refractivity contribution in [3.63, 3.8) is 0 Å². The Morgan fingerprint density at radius 2 is 1.41 bits per heavy atom. The van der Waals surface area contributed by atoms with Gasteiger partial charge in [-0.1, -0.05) is 96.5 Å². The summed E-state index contributed by atoms with van der Waals surface area (Å²) in [5, 5.41) is 0. The molecule has 146 valence electrons. The molecule has 0 fully saturated rings. The minimum Gasteiger partial charge on any atom is -0.426 e. The van der Waals surface area contributed by atoms with Gasteiger partial charge in [0.2, 0.25) is 0 Å². The topological polar surface area (TPSA) is 26.3 Å². The van der Waals surface area contributed by atoms with Gasteiger partial charge < -0.3 is 4.74 Å². The lowest BCUT2D eigenvalue weighted by Crippen LogP contribution is -2.25. The fourth-order valence-electron chi connectivity index (χ4n) is 3.25. The highest BCUT2D eigenvalue weighted by molar-refractivity contribution is 5.76. The summed E-state index contributed by atoms with van der Waals surface area (Å²) in [5.74, 6) is 0.374. The Bertz CT molecular complexity index is 754. The number of carbonyl (C=O) groups is 1. The zero-order valence-corrected chi connectivity index (χ0v) is 18.1. The normalized spacial score (nSPS) is 13.3. The van der Waals surface area contributed by atoms with E-state index in [0.29, 0.717) is 6.42 Å². The second-order valence-corrected chi connectivity index (χ2v) is 9.70. The van der Waals surface area contributed by atoms with Gasteiger partial charge in [0.05, 0.1) is 5.92 Å². The maximum absolute atomic E-state index is 12.9. The summed E-state index contributed by atoms with van der Waals surface area (Å²) < 4.78 is 6.08. The van der Waals surface area contributed by atoms with E-state index in [1.807, 2.05) is 25.1 Å².